The number of amides is 2. The molecule has 0 spiro atoms. The van der Waals surface area contributed by atoms with E-state index in [0.29, 0.717) is 26.1 Å². The number of rotatable bonds is 10. The van der Waals surface area contributed by atoms with Crippen LogP contribution in [0.15, 0.2) is 24.3 Å². The molecule has 1 saturated heterocycles. The van der Waals surface area contributed by atoms with Crippen LogP contribution in [-0.4, -0.2) is 35.9 Å². The Bertz CT molecular complexity index is 599. The summed E-state index contributed by atoms with van der Waals surface area (Å²) >= 11 is 0. The maximum Gasteiger partial charge on any atom is 0.225 e. The Morgan fingerprint density at radius 3 is 2.77 bits per heavy atom. The zero-order valence-electron chi connectivity index (χ0n) is 16.3. The SMILES string of the molecule is CCCCOc1cccc(CNC(=O)C2CC(=O)N(C(CC)CC)C2)c1. The van der Waals surface area contributed by atoms with E-state index in [1.165, 1.54) is 0 Å². The summed E-state index contributed by atoms with van der Waals surface area (Å²) in [6.45, 7) is 8.02. The van der Waals surface area contributed by atoms with Gasteiger partial charge in [-0.2, -0.15) is 0 Å². The van der Waals surface area contributed by atoms with Crippen LogP contribution in [0.25, 0.3) is 0 Å². The predicted octanol–water partition coefficient (Wildman–Crippen LogP) is 3.52. The van der Waals surface area contributed by atoms with Crippen molar-refractivity contribution < 1.29 is 14.3 Å². The Morgan fingerprint density at radius 2 is 2.08 bits per heavy atom. The molecule has 26 heavy (non-hydrogen) atoms. The quantitative estimate of drug-likeness (QED) is 0.650. The molecule has 1 N–H and O–H groups in total. The third kappa shape index (κ3) is 5.48. The minimum Gasteiger partial charge on any atom is -0.494 e. The molecule has 0 aromatic heterocycles. The molecular formula is C21H32N2O3. The topological polar surface area (TPSA) is 58.6 Å². The highest BCUT2D eigenvalue weighted by Crippen LogP contribution is 2.23. The van der Waals surface area contributed by atoms with E-state index in [1.54, 1.807) is 0 Å². The van der Waals surface area contributed by atoms with Crippen molar-refractivity contribution in [3.8, 4) is 5.75 Å². The summed E-state index contributed by atoms with van der Waals surface area (Å²) in [6.07, 6.45) is 4.32. The molecule has 1 fully saturated rings. The van der Waals surface area contributed by atoms with E-state index in [0.717, 1.165) is 37.0 Å². The van der Waals surface area contributed by atoms with Crippen molar-refractivity contribution in [3.63, 3.8) is 0 Å². The average Bonchev–Trinajstić information content (AvgIpc) is 3.03. The van der Waals surface area contributed by atoms with Gasteiger partial charge >= 0.3 is 0 Å². The van der Waals surface area contributed by atoms with E-state index in [2.05, 4.69) is 26.1 Å². The Kier molecular flexibility index (Phi) is 7.95. The molecule has 5 nitrogen and oxygen atoms in total. The fraction of sp³-hybridized carbons (Fsp3) is 0.619. The number of nitrogens with zero attached hydrogens (tertiary/aromatic N) is 1. The zero-order valence-corrected chi connectivity index (χ0v) is 16.3. The number of unbranched alkanes of at least 4 members (excludes halogenated alkanes) is 1. The number of benzene rings is 1. The van der Waals surface area contributed by atoms with Gasteiger partial charge in [-0.25, -0.2) is 0 Å². The summed E-state index contributed by atoms with van der Waals surface area (Å²) in [5.74, 6) is 0.655. The molecule has 1 aromatic carbocycles. The van der Waals surface area contributed by atoms with Crippen LogP contribution in [-0.2, 0) is 16.1 Å². The highest BCUT2D eigenvalue weighted by Gasteiger charge is 2.36. The zero-order chi connectivity index (χ0) is 18.9. The van der Waals surface area contributed by atoms with Gasteiger partial charge in [0.25, 0.3) is 0 Å². The number of ether oxygens (including phenoxy) is 1. The molecule has 1 unspecified atom stereocenters. The lowest BCUT2D eigenvalue weighted by Gasteiger charge is -2.26. The third-order valence-electron chi connectivity index (χ3n) is 5.04. The van der Waals surface area contributed by atoms with Crippen LogP contribution in [0.2, 0.25) is 0 Å². The lowest BCUT2D eigenvalue weighted by atomic mass is 10.1. The van der Waals surface area contributed by atoms with Crippen molar-refractivity contribution in [1.29, 1.82) is 0 Å². The first-order valence-corrected chi connectivity index (χ1v) is 9.87. The van der Waals surface area contributed by atoms with Crippen LogP contribution in [0.4, 0.5) is 0 Å². The standard InChI is InChI=1S/C21H32N2O3/c1-4-7-11-26-19-10-8-9-16(12-19)14-22-21(25)17-13-20(24)23(15-17)18(5-2)6-3/h8-10,12,17-18H,4-7,11,13-15H2,1-3H3,(H,22,25). The van der Waals surface area contributed by atoms with E-state index >= 15 is 0 Å². The second kappa shape index (κ2) is 10.2. The first kappa shape index (κ1) is 20.3. The maximum atomic E-state index is 12.5. The van der Waals surface area contributed by atoms with Gasteiger partial charge in [-0.15, -0.1) is 0 Å². The molecule has 0 bridgehead atoms. The largest absolute Gasteiger partial charge is 0.494 e. The number of hydrogen-bond acceptors (Lipinski definition) is 3. The van der Waals surface area contributed by atoms with Crippen molar-refractivity contribution in [2.75, 3.05) is 13.2 Å². The molecule has 0 radical (unpaired) electrons. The normalized spacial score (nSPS) is 17.0. The first-order valence-electron chi connectivity index (χ1n) is 9.87. The molecule has 0 saturated carbocycles. The Morgan fingerprint density at radius 1 is 1.31 bits per heavy atom. The molecule has 0 aliphatic carbocycles. The third-order valence-corrected chi connectivity index (χ3v) is 5.04. The summed E-state index contributed by atoms with van der Waals surface area (Å²) in [5, 5.41) is 2.98. The van der Waals surface area contributed by atoms with Gasteiger partial charge in [0.05, 0.1) is 12.5 Å². The van der Waals surface area contributed by atoms with Crippen LogP contribution in [0, 0.1) is 5.92 Å². The van der Waals surface area contributed by atoms with Crippen molar-refractivity contribution in [3.05, 3.63) is 29.8 Å². The molecule has 1 aliphatic rings. The Hall–Kier alpha value is -2.04. The summed E-state index contributed by atoms with van der Waals surface area (Å²) < 4.78 is 5.71. The smallest absolute Gasteiger partial charge is 0.225 e. The monoisotopic (exact) mass is 360 g/mol. The van der Waals surface area contributed by atoms with Gasteiger partial charge in [0, 0.05) is 25.6 Å². The highest BCUT2D eigenvalue weighted by atomic mass is 16.5. The van der Waals surface area contributed by atoms with Crippen LogP contribution >= 0.6 is 0 Å². The molecule has 1 atom stereocenters. The molecular weight excluding hydrogens is 328 g/mol. The fourth-order valence-corrected chi connectivity index (χ4v) is 3.40. The van der Waals surface area contributed by atoms with Gasteiger partial charge < -0.3 is 15.0 Å². The summed E-state index contributed by atoms with van der Waals surface area (Å²) in [4.78, 5) is 26.6. The van der Waals surface area contributed by atoms with E-state index in [9.17, 15) is 9.59 Å². The molecule has 1 aromatic rings. The number of carbonyl (C=O) groups is 2. The summed E-state index contributed by atoms with van der Waals surface area (Å²) in [5.41, 5.74) is 1.01. The van der Waals surface area contributed by atoms with Crippen molar-refractivity contribution in [2.24, 2.45) is 5.92 Å². The van der Waals surface area contributed by atoms with E-state index in [1.807, 2.05) is 29.2 Å². The van der Waals surface area contributed by atoms with Crippen molar-refractivity contribution in [1.82, 2.24) is 10.2 Å². The molecule has 5 heteroatoms. The molecule has 1 heterocycles. The fourth-order valence-electron chi connectivity index (χ4n) is 3.40. The lowest BCUT2D eigenvalue weighted by molar-refractivity contribution is -0.130. The van der Waals surface area contributed by atoms with Gasteiger partial charge in [0.15, 0.2) is 0 Å². The summed E-state index contributed by atoms with van der Waals surface area (Å²) in [7, 11) is 0. The highest BCUT2D eigenvalue weighted by molar-refractivity contribution is 5.89. The van der Waals surface area contributed by atoms with Gasteiger partial charge in [-0.05, 0) is 37.0 Å². The lowest BCUT2D eigenvalue weighted by Crippen LogP contribution is -2.37. The minimum atomic E-state index is -0.243. The van der Waals surface area contributed by atoms with Crippen LogP contribution in [0.5, 0.6) is 5.75 Å². The van der Waals surface area contributed by atoms with E-state index < -0.39 is 0 Å². The van der Waals surface area contributed by atoms with Crippen LogP contribution in [0.3, 0.4) is 0 Å². The van der Waals surface area contributed by atoms with Crippen LogP contribution in [0.1, 0.15) is 58.4 Å². The van der Waals surface area contributed by atoms with E-state index in [4.69, 9.17) is 4.74 Å². The molecule has 2 amide bonds. The number of hydrogen-bond donors (Lipinski definition) is 1. The Balaban J connectivity index is 1.85. The van der Waals surface area contributed by atoms with E-state index in [-0.39, 0.29) is 23.8 Å². The second-order valence-electron chi connectivity index (χ2n) is 6.98. The Labute approximate surface area is 157 Å². The van der Waals surface area contributed by atoms with Crippen LogP contribution < -0.4 is 10.1 Å². The minimum absolute atomic E-state index is 0.0379. The van der Waals surface area contributed by atoms with Gasteiger partial charge in [-0.3, -0.25) is 9.59 Å². The molecule has 144 valence electrons. The summed E-state index contributed by atoms with van der Waals surface area (Å²) in [6, 6.07) is 8.06. The van der Waals surface area contributed by atoms with Gasteiger partial charge in [0.1, 0.15) is 5.75 Å². The van der Waals surface area contributed by atoms with Crippen molar-refractivity contribution in [2.45, 2.75) is 65.5 Å². The van der Waals surface area contributed by atoms with Gasteiger partial charge in [0.2, 0.25) is 11.8 Å². The predicted molar refractivity (Wildman–Crippen MR) is 103 cm³/mol. The molecule has 1 aliphatic heterocycles. The number of likely N-dealkylation sites (tertiary alicyclic amines) is 1. The number of carbonyl (C=O) groups excluding carboxylic acids is 2. The number of nitrogens with one attached hydrogen (secondary N) is 1. The second-order valence-corrected chi connectivity index (χ2v) is 6.98. The van der Waals surface area contributed by atoms with Gasteiger partial charge in [-0.1, -0.05) is 39.3 Å². The maximum absolute atomic E-state index is 12.5. The average molecular weight is 360 g/mol. The first-order chi connectivity index (χ1) is 12.6. The molecule has 2 rings (SSSR count). The van der Waals surface area contributed by atoms with Crippen molar-refractivity contribution >= 4 is 11.8 Å².